The summed E-state index contributed by atoms with van der Waals surface area (Å²) < 4.78 is 0. The molecule has 7 heteroatoms. The number of nitrogens with zero attached hydrogens (tertiary/aromatic N) is 2. The number of hydrogen-bond donors (Lipinski definition) is 2. The second-order valence-electron chi connectivity index (χ2n) is 7.63. The largest absolute Gasteiger partial charge is 0.386 e. The van der Waals surface area contributed by atoms with Crippen molar-refractivity contribution in [2.45, 2.75) is 31.8 Å². The van der Waals surface area contributed by atoms with Gasteiger partial charge in [-0.1, -0.05) is 35.5 Å². The summed E-state index contributed by atoms with van der Waals surface area (Å²) in [5.74, 6) is -0.269. The first kappa shape index (κ1) is 19.0. The first-order chi connectivity index (χ1) is 14.0. The Hall–Kier alpha value is -3.35. The van der Waals surface area contributed by atoms with Crippen molar-refractivity contribution in [1.29, 1.82) is 0 Å². The lowest BCUT2D eigenvalue weighted by Crippen LogP contribution is -2.52. The molecule has 150 valence electrons. The van der Waals surface area contributed by atoms with Crippen LogP contribution >= 0.6 is 0 Å². The van der Waals surface area contributed by atoms with E-state index in [2.05, 4.69) is 15.8 Å². The Labute approximate surface area is 169 Å². The fourth-order valence-corrected chi connectivity index (χ4v) is 3.78. The number of carbonyl (C=O) groups is 2. The third-order valence-corrected chi connectivity index (χ3v) is 5.23. The van der Waals surface area contributed by atoms with Gasteiger partial charge in [0.05, 0.1) is 6.54 Å². The minimum atomic E-state index is -0.633. The van der Waals surface area contributed by atoms with Crippen LogP contribution in [-0.4, -0.2) is 41.2 Å². The third kappa shape index (κ3) is 4.39. The molecule has 29 heavy (non-hydrogen) atoms. The van der Waals surface area contributed by atoms with Gasteiger partial charge in [0.2, 0.25) is 0 Å². The highest BCUT2D eigenvalue weighted by Gasteiger charge is 2.45. The summed E-state index contributed by atoms with van der Waals surface area (Å²) in [6.45, 7) is 3.03. The van der Waals surface area contributed by atoms with E-state index >= 15 is 0 Å². The molecular weight excluding hydrogens is 368 g/mol. The zero-order valence-corrected chi connectivity index (χ0v) is 16.4. The monoisotopic (exact) mass is 392 g/mol. The quantitative estimate of drug-likeness (QED) is 0.834. The summed E-state index contributed by atoms with van der Waals surface area (Å²) in [5, 5.41) is 9.82. The Bertz CT molecular complexity index is 944. The van der Waals surface area contributed by atoms with Gasteiger partial charge < -0.3 is 20.4 Å². The standard InChI is InChI=1S/C22H24N4O3/c1-16-7-5-10-18(13-16)24-21(28)26-12-6-11-22(15-26)14-19(25-29-22)20(27)23-17-8-3-2-4-9-17/h2-5,7-10,13H,6,11-12,14-15H2,1H3,(H,23,27)(H,24,28)/t22-/m0/s1. The molecule has 0 bridgehead atoms. The molecule has 1 fully saturated rings. The highest BCUT2D eigenvalue weighted by Crippen LogP contribution is 2.34. The Morgan fingerprint density at radius 2 is 1.86 bits per heavy atom. The number of carbonyl (C=O) groups excluding carboxylic acids is 2. The number of oxime groups is 1. The van der Waals surface area contributed by atoms with Crippen molar-refractivity contribution in [3.63, 3.8) is 0 Å². The molecular formula is C22H24N4O3. The highest BCUT2D eigenvalue weighted by molar-refractivity contribution is 6.43. The Balaban J connectivity index is 1.37. The van der Waals surface area contributed by atoms with Crippen molar-refractivity contribution in [2.75, 3.05) is 23.7 Å². The summed E-state index contributed by atoms with van der Waals surface area (Å²) in [6.07, 6.45) is 1.94. The number of likely N-dealkylation sites (tertiary alicyclic amines) is 1. The molecule has 0 aromatic heterocycles. The van der Waals surface area contributed by atoms with Crippen LogP contribution in [0.5, 0.6) is 0 Å². The van der Waals surface area contributed by atoms with Gasteiger partial charge in [-0.15, -0.1) is 0 Å². The molecule has 0 aliphatic carbocycles. The minimum absolute atomic E-state index is 0.166. The van der Waals surface area contributed by atoms with Crippen LogP contribution in [0.25, 0.3) is 0 Å². The fourth-order valence-electron chi connectivity index (χ4n) is 3.78. The average Bonchev–Trinajstić information content (AvgIpc) is 3.12. The van der Waals surface area contributed by atoms with Crippen molar-refractivity contribution in [3.8, 4) is 0 Å². The Morgan fingerprint density at radius 1 is 1.07 bits per heavy atom. The van der Waals surface area contributed by atoms with E-state index in [9.17, 15) is 9.59 Å². The molecule has 4 rings (SSSR count). The van der Waals surface area contributed by atoms with Crippen molar-refractivity contribution in [3.05, 3.63) is 60.2 Å². The zero-order valence-electron chi connectivity index (χ0n) is 16.4. The van der Waals surface area contributed by atoms with E-state index in [0.717, 1.165) is 24.1 Å². The van der Waals surface area contributed by atoms with Crippen molar-refractivity contribution >= 4 is 29.0 Å². The van der Waals surface area contributed by atoms with Gasteiger partial charge in [0.15, 0.2) is 5.60 Å². The maximum Gasteiger partial charge on any atom is 0.321 e. The number of anilines is 2. The predicted molar refractivity (Wildman–Crippen MR) is 112 cm³/mol. The Kier molecular flexibility index (Phi) is 5.20. The third-order valence-electron chi connectivity index (χ3n) is 5.23. The SMILES string of the molecule is Cc1cccc(NC(=O)N2CCC[C@]3(CC(C(=O)Nc4ccccc4)=NO3)C2)c1. The van der Waals surface area contributed by atoms with Gasteiger partial charge in [0.25, 0.3) is 5.91 Å². The second-order valence-corrected chi connectivity index (χ2v) is 7.63. The number of benzene rings is 2. The van der Waals surface area contributed by atoms with E-state index in [1.807, 2.05) is 61.5 Å². The van der Waals surface area contributed by atoms with E-state index < -0.39 is 5.60 Å². The molecule has 1 atom stereocenters. The molecule has 2 aromatic carbocycles. The van der Waals surface area contributed by atoms with Crippen LogP contribution in [-0.2, 0) is 9.63 Å². The molecule has 3 amide bonds. The van der Waals surface area contributed by atoms with Gasteiger partial charge >= 0.3 is 6.03 Å². The Morgan fingerprint density at radius 3 is 2.66 bits per heavy atom. The normalized spacial score (nSPS) is 20.7. The van der Waals surface area contributed by atoms with Crippen LogP contribution in [0.3, 0.4) is 0 Å². The number of aryl methyl sites for hydroxylation is 1. The first-order valence-corrected chi connectivity index (χ1v) is 9.77. The van der Waals surface area contributed by atoms with Gasteiger partial charge in [0, 0.05) is 24.3 Å². The lowest BCUT2D eigenvalue weighted by atomic mass is 9.88. The number of urea groups is 1. The number of rotatable bonds is 3. The molecule has 0 radical (unpaired) electrons. The molecule has 2 aromatic rings. The molecule has 2 heterocycles. The maximum absolute atomic E-state index is 12.7. The highest BCUT2D eigenvalue weighted by atomic mass is 16.7. The second kappa shape index (κ2) is 7.95. The first-order valence-electron chi connectivity index (χ1n) is 9.77. The van der Waals surface area contributed by atoms with Crippen LogP contribution in [0.1, 0.15) is 24.8 Å². The maximum atomic E-state index is 12.7. The summed E-state index contributed by atoms with van der Waals surface area (Å²) in [4.78, 5) is 32.7. The zero-order chi connectivity index (χ0) is 20.3. The molecule has 0 unspecified atom stereocenters. The molecule has 1 saturated heterocycles. The minimum Gasteiger partial charge on any atom is -0.386 e. The van der Waals surface area contributed by atoms with Crippen LogP contribution in [0.2, 0.25) is 0 Å². The van der Waals surface area contributed by atoms with Crippen molar-refractivity contribution in [1.82, 2.24) is 4.90 Å². The van der Waals surface area contributed by atoms with E-state index in [-0.39, 0.29) is 11.9 Å². The van der Waals surface area contributed by atoms with Crippen LogP contribution in [0.15, 0.2) is 59.8 Å². The van der Waals surface area contributed by atoms with Crippen LogP contribution in [0, 0.1) is 6.92 Å². The van der Waals surface area contributed by atoms with E-state index in [1.165, 1.54) is 0 Å². The van der Waals surface area contributed by atoms with E-state index in [0.29, 0.717) is 30.9 Å². The van der Waals surface area contributed by atoms with Crippen molar-refractivity contribution < 1.29 is 14.4 Å². The van der Waals surface area contributed by atoms with E-state index in [1.54, 1.807) is 4.90 Å². The number of para-hydroxylation sites is 1. The van der Waals surface area contributed by atoms with Gasteiger partial charge in [0.1, 0.15) is 5.71 Å². The van der Waals surface area contributed by atoms with Crippen molar-refractivity contribution in [2.24, 2.45) is 5.16 Å². The molecule has 0 saturated carbocycles. The number of nitrogens with one attached hydrogen (secondary N) is 2. The summed E-state index contributed by atoms with van der Waals surface area (Å²) >= 11 is 0. The molecule has 2 N–H and O–H groups in total. The van der Waals surface area contributed by atoms with Gasteiger partial charge in [-0.05, 0) is 49.6 Å². The number of piperidine rings is 1. The van der Waals surface area contributed by atoms with Gasteiger partial charge in [-0.25, -0.2) is 4.79 Å². The average molecular weight is 392 g/mol. The lowest BCUT2D eigenvalue weighted by Gasteiger charge is -2.38. The molecule has 1 spiro atoms. The summed E-state index contributed by atoms with van der Waals surface area (Å²) in [6, 6.07) is 16.8. The molecule has 7 nitrogen and oxygen atoms in total. The van der Waals surface area contributed by atoms with E-state index in [4.69, 9.17) is 4.84 Å². The topological polar surface area (TPSA) is 83.0 Å². The lowest BCUT2D eigenvalue weighted by molar-refractivity contribution is -0.110. The van der Waals surface area contributed by atoms with Gasteiger partial charge in [-0.2, -0.15) is 0 Å². The number of hydrogen-bond acceptors (Lipinski definition) is 4. The summed E-state index contributed by atoms with van der Waals surface area (Å²) in [7, 11) is 0. The smallest absolute Gasteiger partial charge is 0.321 e. The predicted octanol–water partition coefficient (Wildman–Crippen LogP) is 3.78. The molecule has 2 aliphatic heterocycles. The number of amides is 3. The van der Waals surface area contributed by atoms with Crippen LogP contribution in [0.4, 0.5) is 16.2 Å². The summed E-state index contributed by atoms with van der Waals surface area (Å²) in [5.41, 5.74) is 2.28. The van der Waals surface area contributed by atoms with Gasteiger partial charge in [-0.3, -0.25) is 4.79 Å². The molecule has 2 aliphatic rings. The fraction of sp³-hybridized carbons (Fsp3) is 0.318. The van der Waals surface area contributed by atoms with Crippen LogP contribution < -0.4 is 10.6 Å².